The number of hydrogen-bond acceptors (Lipinski definition) is 4. The van der Waals surface area contributed by atoms with E-state index in [1.807, 2.05) is 6.07 Å². The van der Waals surface area contributed by atoms with Crippen molar-refractivity contribution in [1.82, 2.24) is 0 Å². The molecule has 1 amide bonds. The Labute approximate surface area is 113 Å². The van der Waals surface area contributed by atoms with Crippen LogP contribution in [0.15, 0.2) is 24.3 Å². The Kier molecular flexibility index (Phi) is 8.11. The molecule has 0 saturated heterocycles. The topological polar surface area (TPSA) is 73.6 Å². The molecule has 0 fully saturated rings. The van der Waals surface area contributed by atoms with E-state index in [0.29, 0.717) is 24.7 Å². The number of benzene rings is 1. The molecule has 1 aromatic rings. The summed E-state index contributed by atoms with van der Waals surface area (Å²) in [6.07, 6.45) is 0. The summed E-state index contributed by atoms with van der Waals surface area (Å²) >= 11 is 0. The van der Waals surface area contributed by atoms with Gasteiger partial charge < -0.3 is 20.5 Å². The third-order valence-corrected chi connectivity index (χ3v) is 2.07. The van der Waals surface area contributed by atoms with Gasteiger partial charge in [-0.15, -0.1) is 12.4 Å². The molecule has 0 bridgehead atoms. The number of carbonyl (C=O) groups is 1. The second kappa shape index (κ2) is 8.74. The molecule has 0 aromatic heterocycles. The van der Waals surface area contributed by atoms with Gasteiger partial charge in [0.05, 0.1) is 12.6 Å². The van der Waals surface area contributed by atoms with E-state index in [-0.39, 0.29) is 18.3 Å². The molecular weight excluding hydrogens is 256 g/mol. The molecule has 0 radical (unpaired) electrons. The highest BCUT2D eigenvalue weighted by Gasteiger charge is 2.07. The largest absolute Gasteiger partial charge is 0.491 e. The average Bonchev–Trinajstić information content (AvgIpc) is 2.30. The zero-order valence-corrected chi connectivity index (χ0v) is 11.3. The van der Waals surface area contributed by atoms with Gasteiger partial charge in [0, 0.05) is 18.9 Å². The van der Waals surface area contributed by atoms with Crippen LogP contribution in [0.1, 0.15) is 6.92 Å². The first-order valence-electron chi connectivity index (χ1n) is 5.41. The van der Waals surface area contributed by atoms with Crippen molar-refractivity contribution in [2.45, 2.75) is 13.0 Å². The highest BCUT2D eigenvalue weighted by atomic mass is 35.5. The predicted octanol–water partition coefficient (Wildman–Crippen LogP) is 1.42. The van der Waals surface area contributed by atoms with Crippen molar-refractivity contribution in [2.24, 2.45) is 5.73 Å². The third kappa shape index (κ3) is 5.86. The molecule has 1 atom stereocenters. The lowest BCUT2D eigenvalue weighted by molar-refractivity contribution is -0.117. The van der Waals surface area contributed by atoms with Crippen LogP contribution < -0.4 is 15.8 Å². The molecule has 0 aliphatic heterocycles. The standard InChI is InChI=1S/C12H18N2O3.ClH/c1-9(13)12(15)14-10-4-3-5-11(8-10)17-7-6-16-2;/h3-5,8-9H,6-7,13H2,1-2H3,(H,14,15);1H/t9-;/m1./s1. The van der Waals surface area contributed by atoms with E-state index in [1.54, 1.807) is 32.2 Å². The Balaban J connectivity index is 0.00000289. The number of methoxy groups -OCH3 is 1. The highest BCUT2D eigenvalue weighted by molar-refractivity contribution is 5.94. The molecule has 6 heteroatoms. The van der Waals surface area contributed by atoms with E-state index >= 15 is 0 Å². The molecule has 102 valence electrons. The van der Waals surface area contributed by atoms with Crippen molar-refractivity contribution in [2.75, 3.05) is 25.6 Å². The van der Waals surface area contributed by atoms with Crippen LogP contribution in [-0.4, -0.2) is 32.3 Å². The van der Waals surface area contributed by atoms with Gasteiger partial charge in [0.2, 0.25) is 5.91 Å². The van der Waals surface area contributed by atoms with E-state index in [0.717, 1.165) is 0 Å². The quantitative estimate of drug-likeness (QED) is 0.770. The summed E-state index contributed by atoms with van der Waals surface area (Å²) in [6.45, 7) is 2.63. The molecule has 5 nitrogen and oxygen atoms in total. The minimum atomic E-state index is -0.534. The highest BCUT2D eigenvalue weighted by Crippen LogP contribution is 2.17. The van der Waals surface area contributed by atoms with Gasteiger partial charge in [-0.05, 0) is 19.1 Å². The minimum absolute atomic E-state index is 0. The molecule has 1 aromatic carbocycles. The van der Waals surface area contributed by atoms with Gasteiger partial charge >= 0.3 is 0 Å². The maximum atomic E-state index is 11.4. The van der Waals surface area contributed by atoms with Crippen LogP contribution in [0.25, 0.3) is 0 Å². The average molecular weight is 275 g/mol. The number of amides is 1. The fourth-order valence-electron chi connectivity index (χ4n) is 1.16. The molecule has 1 rings (SSSR count). The van der Waals surface area contributed by atoms with Crippen LogP contribution in [0.2, 0.25) is 0 Å². The summed E-state index contributed by atoms with van der Waals surface area (Å²) in [6, 6.07) is 6.61. The minimum Gasteiger partial charge on any atom is -0.491 e. The van der Waals surface area contributed by atoms with Crippen molar-refractivity contribution in [3.63, 3.8) is 0 Å². The number of carbonyl (C=O) groups excluding carboxylic acids is 1. The van der Waals surface area contributed by atoms with E-state index in [2.05, 4.69) is 5.32 Å². The zero-order chi connectivity index (χ0) is 12.7. The second-order valence-electron chi connectivity index (χ2n) is 3.65. The predicted molar refractivity (Wildman–Crippen MR) is 73.3 cm³/mol. The molecule has 3 N–H and O–H groups in total. The maximum absolute atomic E-state index is 11.4. The lowest BCUT2D eigenvalue weighted by Gasteiger charge is -2.10. The normalized spacial score (nSPS) is 11.3. The lowest BCUT2D eigenvalue weighted by Crippen LogP contribution is -2.32. The number of ether oxygens (including phenoxy) is 2. The van der Waals surface area contributed by atoms with Crippen molar-refractivity contribution in [3.05, 3.63) is 24.3 Å². The van der Waals surface area contributed by atoms with Crippen LogP contribution >= 0.6 is 12.4 Å². The summed E-state index contributed by atoms with van der Waals surface area (Å²) in [4.78, 5) is 11.4. The van der Waals surface area contributed by atoms with E-state index < -0.39 is 6.04 Å². The Bertz CT molecular complexity index is 372. The zero-order valence-electron chi connectivity index (χ0n) is 10.5. The maximum Gasteiger partial charge on any atom is 0.241 e. The van der Waals surface area contributed by atoms with Gasteiger partial charge in [0.15, 0.2) is 0 Å². The number of rotatable bonds is 6. The van der Waals surface area contributed by atoms with Crippen molar-refractivity contribution in [1.29, 1.82) is 0 Å². The molecule has 0 heterocycles. The number of anilines is 1. The Morgan fingerprint density at radius 3 is 2.78 bits per heavy atom. The van der Waals surface area contributed by atoms with Crippen LogP contribution in [0.4, 0.5) is 5.69 Å². The molecule has 0 aliphatic carbocycles. The van der Waals surface area contributed by atoms with Gasteiger partial charge in [0.25, 0.3) is 0 Å². The fourth-order valence-corrected chi connectivity index (χ4v) is 1.16. The summed E-state index contributed by atoms with van der Waals surface area (Å²) in [5, 5.41) is 2.70. The SMILES string of the molecule is COCCOc1cccc(NC(=O)[C@@H](C)N)c1.Cl. The molecule has 18 heavy (non-hydrogen) atoms. The van der Waals surface area contributed by atoms with Crippen LogP contribution in [0.5, 0.6) is 5.75 Å². The third-order valence-electron chi connectivity index (χ3n) is 2.07. The van der Waals surface area contributed by atoms with E-state index in [4.69, 9.17) is 15.2 Å². The first-order valence-corrected chi connectivity index (χ1v) is 5.41. The molecule has 0 spiro atoms. The van der Waals surface area contributed by atoms with Crippen LogP contribution in [0.3, 0.4) is 0 Å². The van der Waals surface area contributed by atoms with Crippen molar-refractivity contribution >= 4 is 24.0 Å². The van der Waals surface area contributed by atoms with E-state index in [9.17, 15) is 4.79 Å². The smallest absolute Gasteiger partial charge is 0.241 e. The molecule has 0 aliphatic rings. The Morgan fingerprint density at radius 2 is 2.17 bits per heavy atom. The monoisotopic (exact) mass is 274 g/mol. The summed E-state index contributed by atoms with van der Waals surface area (Å²) < 4.78 is 10.3. The Morgan fingerprint density at radius 1 is 1.44 bits per heavy atom. The Hall–Kier alpha value is -1.30. The first kappa shape index (κ1) is 16.7. The van der Waals surface area contributed by atoms with Gasteiger partial charge in [-0.3, -0.25) is 4.79 Å². The summed E-state index contributed by atoms with van der Waals surface area (Å²) in [5.74, 6) is 0.462. The number of halogens is 1. The number of nitrogens with two attached hydrogens (primary N) is 1. The van der Waals surface area contributed by atoms with E-state index in [1.165, 1.54) is 0 Å². The van der Waals surface area contributed by atoms with Crippen molar-refractivity contribution < 1.29 is 14.3 Å². The first-order chi connectivity index (χ1) is 8.13. The van der Waals surface area contributed by atoms with Gasteiger partial charge in [-0.2, -0.15) is 0 Å². The van der Waals surface area contributed by atoms with Crippen LogP contribution in [-0.2, 0) is 9.53 Å². The van der Waals surface area contributed by atoms with Gasteiger partial charge in [-0.25, -0.2) is 0 Å². The van der Waals surface area contributed by atoms with Gasteiger partial charge in [-0.1, -0.05) is 6.07 Å². The summed E-state index contributed by atoms with van der Waals surface area (Å²) in [7, 11) is 1.61. The number of nitrogens with one attached hydrogen (secondary N) is 1. The second-order valence-corrected chi connectivity index (χ2v) is 3.65. The summed E-state index contributed by atoms with van der Waals surface area (Å²) in [5.41, 5.74) is 6.13. The fraction of sp³-hybridized carbons (Fsp3) is 0.417. The number of hydrogen-bond donors (Lipinski definition) is 2. The van der Waals surface area contributed by atoms with Crippen LogP contribution in [0, 0.1) is 0 Å². The molecule has 0 saturated carbocycles. The lowest BCUT2D eigenvalue weighted by atomic mass is 10.2. The molecule has 0 unspecified atom stereocenters. The van der Waals surface area contributed by atoms with Gasteiger partial charge in [0.1, 0.15) is 12.4 Å². The van der Waals surface area contributed by atoms with Crippen molar-refractivity contribution in [3.8, 4) is 5.75 Å². The molecular formula is C12H19ClN2O3.